The molecule has 1 aromatic rings. The summed E-state index contributed by atoms with van der Waals surface area (Å²) >= 11 is 6.42. The molecule has 1 N–H and O–H groups in total. The topological polar surface area (TPSA) is 15.3 Å². The SMILES string of the molecule is CCCNCc1ccc(N2CCC(C(C)C)C2)cc1Cl. The number of benzene rings is 1. The van der Waals surface area contributed by atoms with Crippen molar-refractivity contribution in [3.63, 3.8) is 0 Å². The van der Waals surface area contributed by atoms with Crippen molar-refractivity contribution >= 4 is 17.3 Å². The molecule has 1 aromatic carbocycles. The van der Waals surface area contributed by atoms with Gasteiger partial charge in [-0.3, -0.25) is 0 Å². The van der Waals surface area contributed by atoms with Gasteiger partial charge in [-0.25, -0.2) is 0 Å². The van der Waals surface area contributed by atoms with E-state index in [-0.39, 0.29) is 0 Å². The van der Waals surface area contributed by atoms with Crippen LogP contribution < -0.4 is 10.2 Å². The van der Waals surface area contributed by atoms with Crippen LogP contribution in [0.5, 0.6) is 0 Å². The molecule has 0 aliphatic carbocycles. The average molecular weight is 295 g/mol. The zero-order valence-electron chi connectivity index (χ0n) is 13.0. The predicted molar refractivity (Wildman–Crippen MR) is 88.6 cm³/mol. The van der Waals surface area contributed by atoms with Crippen LogP contribution in [0, 0.1) is 11.8 Å². The maximum absolute atomic E-state index is 6.42. The molecule has 0 radical (unpaired) electrons. The van der Waals surface area contributed by atoms with Gasteiger partial charge in [0.05, 0.1) is 0 Å². The van der Waals surface area contributed by atoms with Gasteiger partial charge in [0.2, 0.25) is 0 Å². The molecular weight excluding hydrogens is 268 g/mol. The molecule has 0 spiro atoms. The first-order valence-corrected chi connectivity index (χ1v) is 8.23. The number of nitrogens with one attached hydrogen (secondary N) is 1. The minimum Gasteiger partial charge on any atom is -0.371 e. The van der Waals surface area contributed by atoms with Crippen molar-refractivity contribution in [1.82, 2.24) is 5.32 Å². The lowest BCUT2D eigenvalue weighted by molar-refractivity contribution is 0.423. The Bertz CT molecular complexity index is 431. The molecule has 0 bridgehead atoms. The van der Waals surface area contributed by atoms with Crippen molar-refractivity contribution < 1.29 is 0 Å². The summed E-state index contributed by atoms with van der Waals surface area (Å²) in [4.78, 5) is 2.47. The highest BCUT2D eigenvalue weighted by Gasteiger charge is 2.25. The van der Waals surface area contributed by atoms with Gasteiger partial charge in [-0.15, -0.1) is 0 Å². The second-order valence-electron chi connectivity index (χ2n) is 6.19. The van der Waals surface area contributed by atoms with Gasteiger partial charge in [-0.2, -0.15) is 0 Å². The summed E-state index contributed by atoms with van der Waals surface area (Å²) in [7, 11) is 0. The van der Waals surface area contributed by atoms with Gasteiger partial charge < -0.3 is 10.2 Å². The van der Waals surface area contributed by atoms with Crippen LogP contribution in [0.1, 0.15) is 39.2 Å². The average Bonchev–Trinajstić information content (AvgIpc) is 2.90. The number of rotatable bonds is 6. The molecule has 1 atom stereocenters. The van der Waals surface area contributed by atoms with Gasteiger partial charge in [0, 0.05) is 30.3 Å². The van der Waals surface area contributed by atoms with Gasteiger partial charge in [-0.05, 0) is 48.9 Å². The lowest BCUT2D eigenvalue weighted by atomic mass is 9.95. The van der Waals surface area contributed by atoms with Crippen LogP contribution in [0.4, 0.5) is 5.69 Å². The summed E-state index contributed by atoms with van der Waals surface area (Å²) in [6.07, 6.45) is 2.45. The highest BCUT2D eigenvalue weighted by atomic mass is 35.5. The van der Waals surface area contributed by atoms with Crippen LogP contribution in [0.25, 0.3) is 0 Å². The molecule has 112 valence electrons. The molecule has 1 unspecified atom stereocenters. The first-order valence-electron chi connectivity index (χ1n) is 7.86. The Hall–Kier alpha value is -0.730. The molecule has 1 fully saturated rings. The van der Waals surface area contributed by atoms with Crippen molar-refractivity contribution in [2.75, 3.05) is 24.5 Å². The standard InChI is InChI=1S/C17H27ClN2/c1-4-8-19-11-14-5-6-16(10-17(14)18)20-9-7-15(12-20)13(2)3/h5-6,10,13,15,19H,4,7-9,11-12H2,1-3H3. The van der Waals surface area contributed by atoms with E-state index in [0.29, 0.717) is 0 Å². The molecular formula is C17H27ClN2. The Morgan fingerprint density at radius 3 is 2.80 bits per heavy atom. The fraction of sp³-hybridized carbons (Fsp3) is 0.647. The summed E-state index contributed by atoms with van der Waals surface area (Å²) < 4.78 is 0. The predicted octanol–water partition coefficient (Wildman–Crippen LogP) is 4.32. The summed E-state index contributed by atoms with van der Waals surface area (Å²) in [6.45, 7) is 11.1. The van der Waals surface area contributed by atoms with Crippen LogP contribution >= 0.6 is 11.6 Å². The third-order valence-corrected chi connectivity index (χ3v) is 4.66. The van der Waals surface area contributed by atoms with E-state index >= 15 is 0 Å². The molecule has 3 heteroatoms. The lowest BCUT2D eigenvalue weighted by Gasteiger charge is -2.21. The highest BCUT2D eigenvalue weighted by Crippen LogP contribution is 2.30. The number of anilines is 1. The van der Waals surface area contributed by atoms with Gasteiger partial charge in [0.25, 0.3) is 0 Å². The number of nitrogens with zero attached hydrogens (tertiary/aromatic N) is 1. The van der Waals surface area contributed by atoms with Crippen molar-refractivity contribution in [1.29, 1.82) is 0 Å². The first-order chi connectivity index (χ1) is 9.61. The first kappa shape index (κ1) is 15.7. The Labute approximate surface area is 128 Å². The minimum absolute atomic E-state index is 0.771. The zero-order valence-corrected chi connectivity index (χ0v) is 13.7. The van der Waals surface area contributed by atoms with Crippen molar-refractivity contribution in [2.24, 2.45) is 11.8 Å². The van der Waals surface area contributed by atoms with E-state index in [4.69, 9.17) is 11.6 Å². The van der Waals surface area contributed by atoms with Crippen molar-refractivity contribution in [2.45, 2.75) is 40.2 Å². The Morgan fingerprint density at radius 2 is 2.20 bits per heavy atom. The zero-order chi connectivity index (χ0) is 14.5. The van der Waals surface area contributed by atoms with Gasteiger partial charge in [0.15, 0.2) is 0 Å². The van der Waals surface area contributed by atoms with Crippen LogP contribution in [0.2, 0.25) is 5.02 Å². The van der Waals surface area contributed by atoms with E-state index in [9.17, 15) is 0 Å². The fourth-order valence-corrected chi connectivity index (χ4v) is 3.08. The minimum atomic E-state index is 0.771. The maximum atomic E-state index is 6.42. The molecule has 1 aliphatic rings. The smallest absolute Gasteiger partial charge is 0.0471 e. The van der Waals surface area contributed by atoms with Crippen molar-refractivity contribution in [3.8, 4) is 0 Å². The molecule has 1 heterocycles. The van der Waals surface area contributed by atoms with Crippen LogP contribution in [-0.2, 0) is 6.54 Å². The van der Waals surface area contributed by atoms with Crippen LogP contribution in [0.3, 0.4) is 0 Å². The molecule has 1 aliphatic heterocycles. The van der Waals surface area contributed by atoms with Gasteiger partial charge in [-0.1, -0.05) is 38.4 Å². The Balaban J connectivity index is 1.98. The monoisotopic (exact) mass is 294 g/mol. The second-order valence-corrected chi connectivity index (χ2v) is 6.60. The largest absolute Gasteiger partial charge is 0.371 e. The highest BCUT2D eigenvalue weighted by molar-refractivity contribution is 6.31. The third kappa shape index (κ3) is 3.89. The summed E-state index contributed by atoms with van der Waals surface area (Å²) in [5.74, 6) is 1.59. The third-order valence-electron chi connectivity index (χ3n) is 4.31. The van der Waals surface area contributed by atoms with Crippen molar-refractivity contribution in [3.05, 3.63) is 28.8 Å². The fourth-order valence-electron chi connectivity index (χ4n) is 2.84. The summed E-state index contributed by atoms with van der Waals surface area (Å²) in [5.41, 5.74) is 2.47. The summed E-state index contributed by atoms with van der Waals surface area (Å²) in [6, 6.07) is 6.52. The van der Waals surface area contributed by atoms with E-state index in [1.54, 1.807) is 0 Å². The van der Waals surface area contributed by atoms with E-state index in [2.05, 4.69) is 49.2 Å². The molecule has 2 rings (SSSR count). The Kier molecular flexibility index (Phi) is 5.74. The molecule has 20 heavy (non-hydrogen) atoms. The Morgan fingerprint density at radius 1 is 1.40 bits per heavy atom. The quantitative estimate of drug-likeness (QED) is 0.786. The molecule has 0 amide bonds. The normalized spacial score (nSPS) is 19.1. The summed E-state index contributed by atoms with van der Waals surface area (Å²) in [5, 5.41) is 4.29. The van der Waals surface area contributed by atoms with E-state index in [0.717, 1.165) is 42.9 Å². The molecule has 2 nitrogen and oxygen atoms in total. The number of hydrogen-bond acceptors (Lipinski definition) is 2. The molecule has 1 saturated heterocycles. The van der Waals surface area contributed by atoms with Crippen LogP contribution in [0.15, 0.2) is 18.2 Å². The van der Waals surface area contributed by atoms with Gasteiger partial charge in [0.1, 0.15) is 0 Å². The number of halogens is 1. The number of hydrogen-bond donors (Lipinski definition) is 1. The maximum Gasteiger partial charge on any atom is 0.0471 e. The second kappa shape index (κ2) is 7.33. The molecule has 0 saturated carbocycles. The van der Waals surface area contributed by atoms with Crippen LogP contribution in [-0.4, -0.2) is 19.6 Å². The van der Waals surface area contributed by atoms with Gasteiger partial charge >= 0.3 is 0 Å². The lowest BCUT2D eigenvalue weighted by Crippen LogP contribution is -2.21. The molecule has 0 aromatic heterocycles. The van der Waals surface area contributed by atoms with E-state index in [1.165, 1.54) is 24.2 Å². The van der Waals surface area contributed by atoms with E-state index in [1.807, 2.05) is 0 Å². The van der Waals surface area contributed by atoms with E-state index < -0.39 is 0 Å².